The van der Waals surface area contributed by atoms with Gasteiger partial charge in [0.25, 0.3) is 0 Å². The van der Waals surface area contributed by atoms with E-state index in [0.29, 0.717) is 23.3 Å². The average Bonchev–Trinajstić information content (AvgIpc) is 2.47. The Balaban J connectivity index is 3.76. The van der Waals surface area contributed by atoms with Gasteiger partial charge < -0.3 is 13.9 Å². The van der Waals surface area contributed by atoms with E-state index >= 15 is 0 Å². The molecule has 0 aliphatic rings. The SMILES string of the molecule is CCCC[SiH2]C(C)(C)CCOP(O)OCCC(C)(C)[SiH2]CCCC. The summed E-state index contributed by atoms with van der Waals surface area (Å²) in [4.78, 5) is 9.91. The largest absolute Gasteiger partial charge is 0.329 e. The number of hydrogen-bond acceptors (Lipinski definition) is 3. The molecule has 0 radical (unpaired) electrons. The summed E-state index contributed by atoms with van der Waals surface area (Å²) >= 11 is 0. The Kier molecular flexibility index (Phi) is 14.3. The first-order valence-electron chi connectivity index (χ1n) is 9.97. The summed E-state index contributed by atoms with van der Waals surface area (Å²) in [5.41, 5.74) is 0. The minimum atomic E-state index is -1.69. The number of unbranched alkanes of at least 4 members (excludes halogenated alkanes) is 2. The van der Waals surface area contributed by atoms with E-state index in [4.69, 9.17) is 9.05 Å². The Morgan fingerprint density at radius 1 is 0.792 bits per heavy atom. The fourth-order valence-electron chi connectivity index (χ4n) is 2.79. The van der Waals surface area contributed by atoms with Gasteiger partial charge in [-0.25, -0.2) is 0 Å². The molecule has 0 aromatic carbocycles. The highest BCUT2D eigenvalue weighted by atomic mass is 31.2. The maximum atomic E-state index is 9.91. The van der Waals surface area contributed by atoms with E-state index in [1.54, 1.807) is 0 Å². The summed E-state index contributed by atoms with van der Waals surface area (Å²) in [6, 6.07) is 2.84. The highest BCUT2D eigenvalue weighted by molar-refractivity contribution is 7.40. The molecule has 6 heteroatoms. The molecular weight excluding hydrogens is 351 g/mol. The summed E-state index contributed by atoms with van der Waals surface area (Å²) in [5.74, 6) is 0. The van der Waals surface area contributed by atoms with Gasteiger partial charge in [-0.05, 0) is 22.9 Å². The van der Waals surface area contributed by atoms with Crippen molar-refractivity contribution in [1.82, 2.24) is 0 Å². The maximum absolute atomic E-state index is 9.91. The standard InChI is InChI=1S/C18H43O3PSi2/c1-7-9-15-23-17(3,4)11-13-20-22(19)21-14-12-18(5,6)24-16-10-8-2/h19H,7-16,23-24H2,1-6H3. The first-order chi connectivity index (χ1) is 11.2. The van der Waals surface area contributed by atoms with E-state index in [1.165, 1.54) is 37.8 Å². The fourth-order valence-corrected chi connectivity index (χ4v) is 7.57. The predicted octanol–water partition coefficient (Wildman–Crippen LogP) is 5.19. The third kappa shape index (κ3) is 15.0. The molecule has 1 N–H and O–H groups in total. The van der Waals surface area contributed by atoms with E-state index in [1.807, 2.05) is 0 Å². The molecule has 3 nitrogen and oxygen atoms in total. The van der Waals surface area contributed by atoms with E-state index in [0.717, 1.165) is 12.8 Å². The normalized spacial score (nSPS) is 15.1. The molecule has 0 rings (SSSR count). The zero-order chi connectivity index (χ0) is 18.5. The van der Waals surface area contributed by atoms with E-state index in [-0.39, 0.29) is 19.0 Å². The zero-order valence-electron chi connectivity index (χ0n) is 17.2. The molecule has 0 bridgehead atoms. The second-order valence-corrected chi connectivity index (χ2v) is 15.9. The van der Waals surface area contributed by atoms with Gasteiger partial charge in [0.15, 0.2) is 0 Å². The quantitative estimate of drug-likeness (QED) is 0.222. The summed E-state index contributed by atoms with van der Waals surface area (Å²) in [6.07, 6.45) is 7.41. The molecule has 0 fully saturated rings. The van der Waals surface area contributed by atoms with Crippen LogP contribution in [0.5, 0.6) is 0 Å². The third-order valence-electron chi connectivity index (χ3n) is 4.88. The van der Waals surface area contributed by atoms with Crippen molar-refractivity contribution in [3.63, 3.8) is 0 Å². The number of hydrogen-bond donors (Lipinski definition) is 1. The lowest BCUT2D eigenvalue weighted by Crippen LogP contribution is -2.16. The zero-order valence-corrected chi connectivity index (χ0v) is 20.9. The average molecular weight is 395 g/mol. The van der Waals surface area contributed by atoms with Crippen molar-refractivity contribution in [2.75, 3.05) is 13.2 Å². The van der Waals surface area contributed by atoms with Gasteiger partial charge in [-0.2, -0.15) is 0 Å². The molecule has 0 aromatic rings. The molecule has 0 heterocycles. The van der Waals surface area contributed by atoms with Crippen molar-refractivity contribution in [3.05, 3.63) is 0 Å². The summed E-state index contributed by atoms with van der Waals surface area (Å²) in [6.45, 7) is 15.2. The third-order valence-corrected chi connectivity index (χ3v) is 10.8. The lowest BCUT2D eigenvalue weighted by atomic mass is 10.1. The van der Waals surface area contributed by atoms with Gasteiger partial charge in [-0.15, -0.1) is 0 Å². The van der Waals surface area contributed by atoms with Crippen molar-refractivity contribution in [2.45, 2.75) is 102 Å². The number of rotatable bonds is 16. The molecule has 24 heavy (non-hydrogen) atoms. The van der Waals surface area contributed by atoms with E-state index in [2.05, 4.69) is 41.5 Å². The fraction of sp³-hybridized carbons (Fsp3) is 1.00. The molecule has 0 atom stereocenters. The first kappa shape index (κ1) is 24.7. The predicted molar refractivity (Wildman–Crippen MR) is 115 cm³/mol. The van der Waals surface area contributed by atoms with Crippen LogP contribution in [0.1, 0.15) is 80.1 Å². The summed E-state index contributed by atoms with van der Waals surface area (Å²) in [5, 5.41) is 0.858. The molecule has 0 amide bonds. The molecule has 146 valence electrons. The lowest BCUT2D eigenvalue weighted by molar-refractivity contribution is 0.187. The lowest BCUT2D eigenvalue weighted by Gasteiger charge is -2.25. The van der Waals surface area contributed by atoms with Gasteiger partial charge in [0.2, 0.25) is 0 Å². The molecule has 0 aromatic heterocycles. The second kappa shape index (κ2) is 13.9. The van der Waals surface area contributed by atoms with Crippen molar-refractivity contribution in [3.8, 4) is 0 Å². The van der Waals surface area contributed by atoms with E-state index < -0.39 is 8.60 Å². The Morgan fingerprint density at radius 3 is 1.50 bits per heavy atom. The van der Waals surface area contributed by atoms with Crippen LogP contribution in [0.25, 0.3) is 0 Å². The van der Waals surface area contributed by atoms with Crippen molar-refractivity contribution < 1.29 is 13.9 Å². The molecule has 0 aliphatic carbocycles. The van der Waals surface area contributed by atoms with Crippen molar-refractivity contribution >= 4 is 27.6 Å². The minimum absolute atomic E-state index is 0.0524. The Labute approximate surface area is 157 Å². The van der Waals surface area contributed by atoms with Gasteiger partial charge in [-0.3, -0.25) is 0 Å². The van der Waals surface area contributed by atoms with Gasteiger partial charge in [0.1, 0.15) is 0 Å². The Bertz CT molecular complexity index is 274. The smallest absolute Gasteiger partial charge is 0.328 e. The van der Waals surface area contributed by atoms with Crippen LogP contribution in [0.15, 0.2) is 0 Å². The monoisotopic (exact) mass is 394 g/mol. The van der Waals surface area contributed by atoms with Gasteiger partial charge in [0, 0.05) is 19.0 Å². The Morgan fingerprint density at radius 2 is 1.17 bits per heavy atom. The minimum Gasteiger partial charge on any atom is -0.328 e. The molecule has 0 saturated carbocycles. The molecule has 0 spiro atoms. The van der Waals surface area contributed by atoms with Crippen LogP contribution >= 0.6 is 8.60 Å². The molecule has 0 unspecified atom stereocenters. The topological polar surface area (TPSA) is 38.7 Å². The van der Waals surface area contributed by atoms with Gasteiger partial charge in [-0.1, -0.05) is 79.3 Å². The van der Waals surface area contributed by atoms with Gasteiger partial charge in [0.05, 0.1) is 13.2 Å². The molecular formula is C18H43O3PSi2. The van der Waals surface area contributed by atoms with Crippen molar-refractivity contribution in [1.29, 1.82) is 0 Å². The highest BCUT2D eigenvalue weighted by Crippen LogP contribution is 2.38. The van der Waals surface area contributed by atoms with Crippen molar-refractivity contribution in [2.24, 2.45) is 0 Å². The van der Waals surface area contributed by atoms with E-state index in [9.17, 15) is 4.89 Å². The summed E-state index contributed by atoms with van der Waals surface area (Å²) < 4.78 is 11.1. The Hall–Kier alpha value is 0.744. The maximum Gasteiger partial charge on any atom is 0.329 e. The van der Waals surface area contributed by atoms with Crippen LogP contribution in [0.2, 0.25) is 22.2 Å². The van der Waals surface area contributed by atoms with Crippen LogP contribution in [-0.4, -0.2) is 37.1 Å². The molecule has 0 aliphatic heterocycles. The van der Waals surface area contributed by atoms with Crippen LogP contribution in [-0.2, 0) is 9.05 Å². The second-order valence-electron chi connectivity index (χ2n) is 8.65. The van der Waals surface area contributed by atoms with Crippen LogP contribution in [0.3, 0.4) is 0 Å². The first-order valence-corrected chi connectivity index (χ1v) is 14.5. The molecule has 0 saturated heterocycles. The van der Waals surface area contributed by atoms with Gasteiger partial charge >= 0.3 is 8.60 Å². The van der Waals surface area contributed by atoms with Crippen LogP contribution in [0, 0.1) is 0 Å². The van der Waals surface area contributed by atoms with Crippen LogP contribution in [0.4, 0.5) is 0 Å². The summed E-state index contributed by atoms with van der Waals surface area (Å²) in [7, 11) is -1.79. The highest BCUT2D eigenvalue weighted by Gasteiger charge is 2.21. The van der Waals surface area contributed by atoms with Crippen LogP contribution < -0.4 is 0 Å².